The molecule has 35 heavy (non-hydrogen) atoms. The minimum atomic E-state index is -1.20. The number of hydrogen-bond acceptors (Lipinski definition) is 9. The number of hydrogen-bond donors (Lipinski definition) is 4. The number of β-lactam (4-membered cyclic amide) rings is 1. The van der Waals surface area contributed by atoms with Crippen molar-refractivity contribution >= 4 is 41.3 Å². The molecule has 5 rings (SSSR count). The molecule has 3 atom stereocenters. The summed E-state index contributed by atoms with van der Waals surface area (Å²) in [5.74, 6) is -1.05. The number of fused-ring (bicyclic) bond motifs is 1. The average Bonchev–Trinajstić information content (AvgIpc) is 3.57. The topological polar surface area (TPSA) is 172 Å². The molecule has 1 unspecified atom stereocenters. The van der Waals surface area contributed by atoms with Gasteiger partial charge in [-0.2, -0.15) is 10.1 Å². The number of nitrogens with one attached hydrogen (secondary N) is 2. The quantitative estimate of drug-likeness (QED) is 0.246. The lowest BCUT2D eigenvalue weighted by atomic mass is 10.0. The van der Waals surface area contributed by atoms with Gasteiger partial charge in [0.2, 0.25) is 17.0 Å². The van der Waals surface area contributed by atoms with Crippen LogP contribution < -0.4 is 11.1 Å². The van der Waals surface area contributed by atoms with Gasteiger partial charge in [0.25, 0.3) is 5.91 Å². The van der Waals surface area contributed by atoms with E-state index in [0.29, 0.717) is 28.0 Å². The Kier molecular flexibility index (Phi) is 6.32. The first kappa shape index (κ1) is 23.1. The van der Waals surface area contributed by atoms with Crippen LogP contribution in [-0.2, 0) is 14.4 Å². The molecule has 0 radical (unpaired) electrons. The van der Waals surface area contributed by atoms with Crippen LogP contribution in [0.3, 0.4) is 0 Å². The van der Waals surface area contributed by atoms with Crippen molar-refractivity contribution in [1.82, 2.24) is 35.2 Å². The molecular weight excluding hydrogens is 492 g/mol. The molecule has 2 amide bonds. The Morgan fingerprint density at radius 2 is 2.11 bits per heavy atom. The number of amides is 2. The highest BCUT2D eigenvalue weighted by Crippen LogP contribution is 2.41. The van der Waals surface area contributed by atoms with E-state index in [0.717, 1.165) is 0 Å². The van der Waals surface area contributed by atoms with Crippen LogP contribution in [0.15, 0.2) is 65.2 Å². The van der Waals surface area contributed by atoms with Crippen molar-refractivity contribution in [3.05, 3.63) is 65.6 Å². The molecule has 2 aliphatic heterocycles. The molecule has 0 aliphatic carbocycles. The first-order valence-corrected chi connectivity index (χ1v) is 12.5. The van der Waals surface area contributed by atoms with Crippen LogP contribution >= 0.6 is 23.5 Å². The van der Waals surface area contributed by atoms with Crippen LogP contribution in [-0.4, -0.2) is 75.7 Å². The molecule has 12 nitrogen and oxygen atoms in total. The highest BCUT2D eigenvalue weighted by Gasteiger charge is 2.54. The van der Waals surface area contributed by atoms with Crippen molar-refractivity contribution in [2.45, 2.75) is 22.6 Å². The minimum Gasteiger partial charge on any atom is -0.477 e. The van der Waals surface area contributed by atoms with E-state index in [9.17, 15) is 19.5 Å². The van der Waals surface area contributed by atoms with Gasteiger partial charge in [0.05, 0.1) is 0 Å². The van der Waals surface area contributed by atoms with Gasteiger partial charge < -0.3 is 16.2 Å². The van der Waals surface area contributed by atoms with Crippen LogP contribution in [0.5, 0.6) is 0 Å². The van der Waals surface area contributed by atoms with Gasteiger partial charge in [0, 0.05) is 23.9 Å². The molecule has 3 aromatic rings. The largest absolute Gasteiger partial charge is 0.477 e. The van der Waals surface area contributed by atoms with Gasteiger partial charge in [-0.15, -0.1) is 16.9 Å². The van der Waals surface area contributed by atoms with E-state index in [4.69, 9.17) is 5.73 Å². The van der Waals surface area contributed by atoms with Gasteiger partial charge in [-0.3, -0.25) is 14.5 Å². The van der Waals surface area contributed by atoms with E-state index in [1.54, 1.807) is 42.7 Å². The average molecular weight is 513 g/mol. The number of carbonyl (C=O) groups excluding carboxylic acids is 2. The van der Waals surface area contributed by atoms with Crippen LogP contribution in [0.4, 0.5) is 0 Å². The maximum absolute atomic E-state index is 12.9. The number of benzene rings is 1. The third-order valence-corrected chi connectivity index (χ3v) is 7.81. The van der Waals surface area contributed by atoms with E-state index < -0.39 is 35.2 Å². The number of carboxylic acids is 1. The number of H-pyrrole nitrogens is 1. The number of aromatic amines is 1. The van der Waals surface area contributed by atoms with Gasteiger partial charge in [0.1, 0.15) is 23.2 Å². The van der Waals surface area contributed by atoms with Crippen molar-refractivity contribution in [3.8, 4) is 5.95 Å². The molecule has 1 aromatic carbocycles. The fourth-order valence-corrected chi connectivity index (χ4v) is 6.08. The molecular formula is C21H20N8O4S2. The second-order valence-electron chi connectivity index (χ2n) is 7.72. The molecule has 0 saturated carbocycles. The SMILES string of the molecule is N[C@@H](C(=O)NC1C(=O)N2C(C(=O)O)=C(CSc3n[nH]c(-n4cccn4)n3)CS[C@H]12)c1ccccc1. The van der Waals surface area contributed by atoms with Gasteiger partial charge in [-0.1, -0.05) is 42.1 Å². The highest BCUT2D eigenvalue weighted by atomic mass is 32.2. The molecule has 0 bridgehead atoms. The Labute approximate surface area is 207 Å². The second-order valence-corrected chi connectivity index (χ2v) is 9.77. The maximum Gasteiger partial charge on any atom is 0.352 e. The van der Waals surface area contributed by atoms with E-state index >= 15 is 0 Å². The van der Waals surface area contributed by atoms with Crippen LogP contribution in [0, 0.1) is 0 Å². The number of rotatable bonds is 8. The summed E-state index contributed by atoms with van der Waals surface area (Å²) in [6, 6.07) is 8.81. The van der Waals surface area contributed by atoms with E-state index in [1.807, 2.05) is 6.07 Å². The summed E-state index contributed by atoms with van der Waals surface area (Å²) >= 11 is 2.65. The summed E-state index contributed by atoms with van der Waals surface area (Å²) in [7, 11) is 0. The summed E-state index contributed by atoms with van der Waals surface area (Å²) in [5.41, 5.74) is 7.17. The fraction of sp³-hybridized carbons (Fsp3) is 0.238. The Bertz CT molecular complexity index is 1290. The Hall–Kier alpha value is -3.62. The zero-order valence-electron chi connectivity index (χ0n) is 18.1. The fourth-order valence-electron chi connectivity index (χ4n) is 3.80. The molecule has 1 fully saturated rings. The zero-order valence-corrected chi connectivity index (χ0v) is 19.7. The van der Waals surface area contributed by atoms with Crippen molar-refractivity contribution in [2.75, 3.05) is 11.5 Å². The van der Waals surface area contributed by atoms with Gasteiger partial charge in [0.15, 0.2) is 0 Å². The zero-order chi connectivity index (χ0) is 24.5. The molecule has 14 heteroatoms. The molecule has 4 heterocycles. The minimum absolute atomic E-state index is 0.0630. The Morgan fingerprint density at radius 1 is 1.31 bits per heavy atom. The lowest BCUT2D eigenvalue weighted by Gasteiger charge is -2.49. The number of carboxylic acid groups (broad SMARTS) is 1. The van der Waals surface area contributed by atoms with Crippen LogP contribution in [0.1, 0.15) is 11.6 Å². The van der Waals surface area contributed by atoms with Crippen LogP contribution in [0.25, 0.3) is 5.95 Å². The van der Waals surface area contributed by atoms with Crippen molar-refractivity contribution < 1.29 is 19.5 Å². The van der Waals surface area contributed by atoms with Crippen molar-refractivity contribution in [2.24, 2.45) is 5.73 Å². The third kappa shape index (κ3) is 4.42. The normalized spacial score (nSPS) is 20.3. The second kappa shape index (κ2) is 9.56. The van der Waals surface area contributed by atoms with Gasteiger partial charge >= 0.3 is 5.97 Å². The summed E-state index contributed by atoms with van der Waals surface area (Å²) in [6.07, 6.45) is 3.33. The summed E-state index contributed by atoms with van der Waals surface area (Å²) in [4.78, 5) is 43.1. The first-order chi connectivity index (χ1) is 16.9. The molecule has 0 spiro atoms. The summed E-state index contributed by atoms with van der Waals surface area (Å²) < 4.78 is 1.52. The smallest absolute Gasteiger partial charge is 0.352 e. The third-order valence-electron chi connectivity index (χ3n) is 5.54. The number of nitrogens with zero attached hydrogens (tertiary/aromatic N) is 5. The molecule has 2 aliphatic rings. The van der Waals surface area contributed by atoms with Crippen molar-refractivity contribution in [1.29, 1.82) is 0 Å². The van der Waals surface area contributed by atoms with Crippen molar-refractivity contribution in [3.63, 3.8) is 0 Å². The van der Waals surface area contributed by atoms with Gasteiger partial charge in [-0.05, 0) is 17.2 Å². The number of nitrogens with two attached hydrogens (primary N) is 1. The number of carbonyl (C=O) groups is 3. The van der Waals surface area contributed by atoms with E-state index in [-0.39, 0.29) is 11.4 Å². The van der Waals surface area contributed by atoms with E-state index in [2.05, 4.69) is 25.6 Å². The summed E-state index contributed by atoms with van der Waals surface area (Å²) in [6.45, 7) is 0. The molecule has 5 N–H and O–H groups in total. The first-order valence-electron chi connectivity index (χ1n) is 10.5. The highest BCUT2D eigenvalue weighted by molar-refractivity contribution is 8.01. The lowest BCUT2D eigenvalue weighted by Crippen LogP contribution is -2.71. The standard InChI is InChI=1S/C21H20N8O4S2/c22-13(11-5-2-1-3-6-11)16(30)24-14-17(31)29-15(19(32)33)12(9-34-18(14)29)10-35-21-25-20(26-27-21)28-8-4-7-23-28/h1-8,13-14,18H,9-10,22H2,(H,24,30)(H,32,33)(H,25,26,27)/t13-,14?,18-/m1/s1. The molecule has 1 saturated heterocycles. The summed E-state index contributed by atoms with van der Waals surface area (Å²) in [5, 5.41) is 23.4. The van der Waals surface area contributed by atoms with Crippen LogP contribution in [0.2, 0.25) is 0 Å². The Morgan fingerprint density at radius 3 is 2.83 bits per heavy atom. The number of aliphatic carboxylic acids is 1. The number of thioether (sulfide) groups is 2. The van der Waals surface area contributed by atoms with Gasteiger partial charge in [-0.25, -0.2) is 14.6 Å². The lowest BCUT2D eigenvalue weighted by molar-refractivity contribution is -0.150. The monoisotopic (exact) mass is 512 g/mol. The Balaban J connectivity index is 1.26. The number of aromatic nitrogens is 5. The van der Waals surface area contributed by atoms with E-state index in [1.165, 1.54) is 33.1 Å². The molecule has 2 aromatic heterocycles. The molecule has 180 valence electrons. The maximum atomic E-state index is 12.9. The predicted molar refractivity (Wildman–Crippen MR) is 127 cm³/mol. The predicted octanol–water partition coefficient (Wildman–Crippen LogP) is 0.521.